The summed E-state index contributed by atoms with van der Waals surface area (Å²) in [6.07, 6.45) is 12.1. The molecular formula is C19H28N2O2. The first-order valence-corrected chi connectivity index (χ1v) is 9.11. The zero-order valence-corrected chi connectivity index (χ0v) is 14.3. The van der Waals surface area contributed by atoms with Gasteiger partial charge in [0, 0.05) is 18.3 Å². The van der Waals surface area contributed by atoms with Gasteiger partial charge in [-0.3, -0.25) is 4.79 Å². The molecule has 23 heavy (non-hydrogen) atoms. The summed E-state index contributed by atoms with van der Waals surface area (Å²) in [5.41, 5.74) is 1.10. The quantitative estimate of drug-likeness (QED) is 0.785. The van der Waals surface area contributed by atoms with Crippen molar-refractivity contribution in [3.05, 3.63) is 23.8 Å². The molecule has 0 atom stereocenters. The number of aromatic nitrogens is 2. The SMILES string of the molecule is Cc1cnc(C2CCC(OC(=O)C3CCC(C)CC3)CC2)nc1. The third-order valence-electron chi connectivity index (χ3n) is 5.47. The number of aryl methyl sites for hydroxylation is 1. The monoisotopic (exact) mass is 316 g/mol. The van der Waals surface area contributed by atoms with Gasteiger partial charge in [0.2, 0.25) is 0 Å². The summed E-state index contributed by atoms with van der Waals surface area (Å²) < 4.78 is 5.79. The molecule has 126 valence electrons. The molecule has 1 heterocycles. The average Bonchev–Trinajstić information content (AvgIpc) is 2.57. The van der Waals surface area contributed by atoms with Gasteiger partial charge in [0.15, 0.2) is 0 Å². The lowest BCUT2D eigenvalue weighted by atomic mass is 9.83. The van der Waals surface area contributed by atoms with Crippen molar-refractivity contribution in [3.8, 4) is 0 Å². The highest BCUT2D eigenvalue weighted by atomic mass is 16.5. The van der Waals surface area contributed by atoms with E-state index >= 15 is 0 Å². The molecule has 0 N–H and O–H groups in total. The van der Waals surface area contributed by atoms with Crippen molar-refractivity contribution in [3.63, 3.8) is 0 Å². The highest BCUT2D eigenvalue weighted by Gasteiger charge is 2.30. The maximum atomic E-state index is 12.3. The van der Waals surface area contributed by atoms with Crippen LogP contribution in [0, 0.1) is 18.8 Å². The van der Waals surface area contributed by atoms with Crippen LogP contribution in [0.5, 0.6) is 0 Å². The summed E-state index contributed by atoms with van der Waals surface area (Å²) >= 11 is 0. The first-order valence-electron chi connectivity index (χ1n) is 9.11. The molecule has 0 aromatic carbocycles. The Balaban J connectivity index is 1.45. The van der Waals surface area contributed by atoms with E-state index in [0.29, 0.717) is 5.92 Å². The van der Waals surface area contributed by atoms with Crippen molar-refractivity contribution in [1.29, 1.82) is 0 Å². The number of carbonyl (C=O) groups is 1. The van der Waals surface area contributed by atoms with E-state index in [1.54, 1.807) is 0 Å². The lowest BCUT2D eigenvalue weighted by Crippen LogP contribution is -2.29. The van der Waals surface area contributed by atoms with Crippen molar-refractivity contribution in [2.24, 2.45) is 11.8 Å². The van der Waals surface area contributed by atoms with Gasteiger partial charge in [0.05, 0.1) is 5.92 Å². The van der Waals surface area contributed by atoms with Crippen LogP contribution in [-0.2, 0) is 9.53 Å². The summed E-state index contributed by atoms with van der Waals surface area (Å²) in [5, 5.41) is 0. The number of hydrogen-bond donors (Lipinski definition) is 0. The topological polar surface area (TPSA) is 52.1 Å². The second-order valence-corrected chi connectivity index (χ2v) is 7.49. The van der Waals surface area contributed by atoms with Gasteiger partial charge >= 0.3 is 5.97 Å². The first kappa shape index (κ1) is 16.4. The van der Waals surface area contributed by atoms with Crippen LogP contribution in [0.3, 0.4) is 0 Å². The Hall–Kier alpha value is -1.45. The van der Waals surface area contributed by atoms with Gasteiger partial charge in [-0.25, -0.2) is 9.97 Å². The minimum Gasteiger partial charge on any atom is -0.462 e. The predicted molar refractivity (Wildman–Crippen MR) is 89.0 cm³/mol. The number of rotatable bonds is 3. The van der Waals surface area contributed by atoms with Crippen molar-refractivity contribution in [2.75, 3.05) is 0 Å². The molecule has 0 radical (unpaired) electrons. The largest absolute Gasteiger partial charge is 0.462 e. The Kier molecular flexibility index (Phi) is 5.29. The molecule has 2 aliphatic carbocycles. The third kappa shape index (κ3) is 4.30. The molecular weight excluding hydrogens is 288 g/mol. The second kappa shape index (κ2) is 7.41. The Morgan fingerprint density at radius 2 is 1.61 bits per heavy atom. The molecule has 2 saturated carbocycles. The molecule has 1 aromatic heterocycles. The van der Waals surface area contributed by atoms with Crippen LogP contribution < -0.4 is 0 Å². The van der Waals surface area contributed by atoms with Crippen molar-refractivity contribution in [1.82, 2.24) is 9.97 Å². The van der Waals surface area contributed by atoms with Crippen LogP contribution in [-0.4, -0.2) is 22.0 Å². The zero-order chi connectivity index (χ0) is 16.2. The van der Waals surface area contributed by atoms with Gasteiger partial charge in [0.1, 0.15) is 11.9 Å². The minimum absolute atomic E-state index is 0.0481. The Morgan fingerprint density at radius 3 is 2.22 bits per heavy atom. The maximum Gasteiger partial charge on any atom is 0.309 e. The van der Waals surface area contributed by atoms with Gasteiger partial charge in [0.25, 0.3) is 0 Å². The fourth-order valence-corrected chi connectivity index (χ4v) is 3.81. The Labute approximate surface area is 139 Å². The van der Waals surface area contributed by atoms with Gasteiger partial charge in [-0.05, 0) is 69.8 Å². The molecule has 0 unspecified atom stereocenters. The minimum atomic E-state index is 0.0481. The molecule has 0 bridgehead atoms. The molecule has 2 aliphatic rings. The number of hydrogen-bond acceptors (Lipinski definition) is 4. The predicted octanol–water partition coefficient (Wildman–Crippen LogP) is 4.18. The first-order chi connectivity index (χ1) is 11.1. The van der Waals surface area contributed by atoms with Crippen molar-refractivity contribution in [2.45, 2.75) is 77.2 Å². The Morgan fingerprint density at radius 1 is 1.00 bits per heavy atom. The van der Waals surface area contributed by atoms with Crippen molar-refractivity contribution < 1.29 is 9.53 Å². The molecule has 4 nitrogen and oxygen atoms in total. The van der Waals surface area contributed by atoms with Gasteiger partial charge in [-0.2, -0.15) is 0 Å². The summed E-state index contributed by atoms with van der Waals surface area (Å²) in [5.74, 6) is 2.32. The van der Waals surface area contributed by atoms with E-state index in [9.17, 15) is 4.79 Å². The van der Waals surface area contributed by atoms with Crippen LogP contribution in [0.2, 0.25) is 0 Å². The molecule has 0 spiro atoms. The summed E-state index contributed by atoms with van der Waals surface area (Å²) in [6, 6.07) is 0. The lowest BCUT2D eigenvalue weighted by molar-refractivity contribution is -0.157. The molecule has 4 heteroatoms. The van der Waals surface area contributed by atoms with E-state index in [4.69, 9.17) is 4.74 Å². The summed E-state index contributed by atoms with van der Waals surface area (Å²) in [4.78, 5) is 21.2. The van der Waals surface area contributed by atoms with Crippen LogP contribution in [0.1, 0.15) is 75.6 Å². The standard InChI is InChI=1S/C19H28N2O2/c1-13-3-5-16(6-4-13)19(22)23-17-9-7-15(8-10-17)18-20-11-14(2)12-21-18/h11-13,15-17H,3-10H2,1-2H3. The molecule has 0 amide bonds. The van der Waals surface area contributed by atoms with Gasteiger partial charge in [-0.15, -0.1) is 0 Å². The highest BCUT2D eigenvalue weighted by molar-refractivity contribution is 5.72. The highest BCUT2D eigenvalue weighted by Crippen LogP contribution is 2.34. The Bertz CT molecular complexity index is 513. The van der Waals surface area contributed by atoms with Crippen LogP contribution >= 0.6 is 0 Å². The fourth-order valence-electron chi connectivity index (χ4n) is 3.81. The smallest absolute Gasteiger partial charge is 0.309 e. The van der Waals surface area contributed by atoms with Crippen LogP contribution in [0.25, 0.3) is 0 Å². The maximum absolute atomic E-state index is 12.3. The molecule has 0 aliphatic heterocycles. The van der Waals surface area contributed by atoms with Crippen LogP contribution in [0.4, 0.5) is 0 Å². The van der Waals surface area contributed by atoms with E-state index in [1.165, 1.54) is 0 Å². The van der Waals surface area contributed by atoms with E-state index in [1.807, 2.05) is 19.3 Å². The molecule has 3 rings (SSSR count). The lowest BCUT2D eigenvalue weighted by Gasteiger charge is -2.30. The number of ether oxygens (including phenoxy) is 1. The van der Waals surface area contributed by atoms with E-state index < -0.39 is 0 Å². The molecule has 2 fully saturated rings. The van der Waals surface area contributed by atoms with Gasteiger partial charge in [-0.1, -0.05) is 6.92 Å². The number of nitrogens with zero attached hydrogens (tertiary/aromatic N) is 2. The fraction of sp³-hybridized carbons (Fsp3) is 0.737. The molecule has 1 aromatic rings. The summed E-state index contributed by atoms with van der Waals surface area (Å²) in [7, 11) is 0. The van der Waals surface area contributed by atoms with E-state index in [0.717, 1.165) is 68.7 Å². The molecule has 0 saturated heterocycles. The zero-order valence-electron chi connectivity index (χ0n) is 14.3. The second-order valence-electron chi connectivity index (χ2n) is 7.49. The summed E-state index contributed by atoms with van der Waals surface area (Å²) in [6.45, 7) is 4.28. The van der Waals surface area contributed by atoms with Gasteiger partial charge < -0.3 is 4.74 Å². The van der Waals surface area contributed by atoms with Crippen molar-refractivity contribution >= 4 is 5.97 Å². The third-order valence-corrected chi connectivity index (χ3v) is 5.47. The average molecular weight is 316 g/mol. The van der Waals surface area contributed by atoms with Crippen LogP contribution in [0.15, 0.2) is 12.4 Å². The van der Waals surface area contributed by atoms with E-state index in [-0.39, 0.29) is 18.0 Å². The van der Waals surface area contributed by atoms with E-state index in [2.05, 4.69) is 16.9 Å². The number of carbonyl (C=O) groups excluding carboxylic acids is 1. The normalized spacial score (nSPS) is 31.6. The number of esters is 1.